The molecule has 0 aliphatic rings. The molecule has 0 fully saturated rings. The van der Waals surface area contributed by atoms with Gasteiger partial charge in [-0.05, 0) is 20.3 Å². The maximum atomic E-state index is 11.9. The number of nitrogens with one attached hydrogen (secondary N) is 1. The average Bonchev–Trinajstić information content (AvgIpc) is 2.59. The van der Waals surface area contributed by atoms with Gasteiger partial charge in [-0.2, -0.15) is 5.10 Å². The Morgan fingerprint density at radius 1 is 1.62 bits per heavy atom. The topological polar surface area (TPSA) is 72.9 Å². The van der Waals surface area contributed by atoms with Crippen molar-refractivity contribution in [1.82, 2.24) is 15.1 Å². The first-order chi connectivity index (χ1) is 7.60. The number of nitrogens with two attached hydrogens (primary N) is 1. The van der Waals surface area contributed by atoms with Crippen LogP contribution in [0.5, 0.6) is 0 Å². The number of rotatable bonds is 5. The van der Waals surface area contributed by atoms with E-state index in [0.29, 0.717) is 17.9 Å². The monoisotopic (exact) mass is 224 g/mol. The van der Waals surface area contributed by atoms with Gasteiger partial charge in [-0.25, -0.2) is 0 Å². The van der Waals surface area contributed by atoms with Crippen LogP contribution in [0, 0.1) is 0 Å². The van der Waals surface area contributed by atoms with Crippen LogP contribution < -0.4 is 11.1 Å². The molecule has 16 heavy (non-hydrogen) atoms. The lowest BCUT2D eigenvalue weighted by molar-refractivity contribution is 0.0928. The summed E-state index contributed by atoms with van der Waals surface area (Å²) in [5.41, 5.74) is 6.62. The maximum absolute atomic E-state index is 11.9. The van der Waals surface area contributed by atoms with Crippen LogP contribution in [0.2, 0.25) is 0 Å². The van der Waals surface area contributed by atoms with E-state index in [2.05, 4.69) is 17.3 Å². The highest BCUT2D eigenvalue weighted by Crippen LogP contribution is 2.11. The Kier molecular flexibility index (Phi) is 4.34. The van der Waals surface area contributed by atoms with Crippen LogP contribution in [0.1, 0.15) is 44.1 Å². The number of aromatic nitrogens is 2. The van der Waals surface area contributed by atoms with E-state index in [4.69, 9.17) is 5.73 Å². The van der Waals surface area contributed by atoms with Crippen molar-refractivity contribution in [1.29, 1.82) is 0 Å². The molecule has 0 aliphatic heterocycles. The molecule has 3 N–H and O–H groups in total. The van der Waals surface area contributed by atoms with E-state index >= 15 is 0 Å². The molecule has 5 nitrogen and oxygen atoms in total. The largest absolute Gasteiger partial charge is 0.396 e. The lowest BCUT2D eigenvalue weighted by Gasteiger charge is -2.13. The minimum Gasteiger partial charge on any atom is -0.396 e. The number of hydrogen-bond donors (Lipinski definition) is 2. The van der Waals surface area contributed by atoms with Crippen LogP contribution >= 0.6 is 0 Å². The fourth-order valence-corrected chi connectivity index (χ4v) is 1.69. The van der Waals surface area contributed by atoms with Gasteiger partial charge in [0.05, 0.1) is 11.9 Å². The predicted octanol–water partition coefficient (Wildman–Crippen LogP) is 1.40. The highest BCUT2D eigenvalue weighted by molar-refractivity contribution is 5.97. The Hall–Kier alpha value is -1.52. The van der Waals surface area contributed by atoms with Crippen LogP contribution in [0.15, 0.2) is 6.20 Å². The van der Waals surface area contributed by atoms with E-state index in [-0.39, 0.29) is 11.9 Å². The quantitative estimate of drug-likeness (QED) is 0.794. The summed E-state index contributed by atoms with van der Waals surface area (Å²) in [6.07, 6.45) is 3.53. The third kappa shape index (κ3) is 2.74. The Morgan fingerprint density at radius 2 is 2.31 bits per heavy atom. The van der Waals surface area contributed by atoms with Gasteiger partial charge >= 0.3 is 0 Å². The van der Waals surface area contributed by atoms with Crippen molar-refractivity contribution in [2.75, 3.05) is 5.73 Å². The maximum Gasteiger partial charge on any atom is 0.271 e. The Bertz CT molecular complexity index is 359. The molecule has 0 aliphatic carbocycles. The van der Waals surface area contributed by atoms with Crippen molar-refractivity contribution in [2.24, 2.45) is 0 Å². The Balaban J connectivity index is 2.75. The average molecular weight is 224 g/mol. The number of aryl methyl sites for hydroxylation is 1. The normalized spacial score (nSPS) is 12.4. The summed E-state index contributed by atoms with van der Waals surface area (Å²) >= 11 is 0. The van der Waals surface area contributed by atoms with Gasteiger partial charge in [-0.1, -0.05) is 13.3 Å². The van der Waals surface area contributed by atoms with Crippen molar-refractivity contribution in [3.05, 3.63) is 11.9 Å². The molecule has 0 saturated carbocycles. The second-order valence-electron chi connectivity index (χ2n) is 3.93. The first kappa shape index (κ1) is 12.5. The van der Waals surface area contributed by atoms with Crippen LogP contribution in [-0.4, -0.2) is 21.7 Å². The fourth-order valence-electron chi connectivity index (χ4n) is 1.69. The van der Waals surface area contributed by atoms with E-state index in [0.717, 1.165) is 12.8 Å². The van der Waals surface area contributed by atoms with Gasteiger partial charge in [0, 0.05) is 12.6 Å². The third-order valence-electron chi connectivity index (χ3n) is 2.48. The molecule has 1 aromatic rings. The second-order valence-corrected chi connectivity index (χ2v) is 3.93. The SMILES string of the molecule is CCCC(C)NC(=O)c1c(N)cnn1CC. The zero-order valence-electron chi connectivity index (χ0n) is 10.2. The van der Waals surface area contributed by atoms with Crippen LogP contribution in [0.25, 0.3) is 0 Å². The minimum atomic E-state index is -0.141. The molecule has 90 valence electrons. The number of nitrogens with zero attached hydrogens (tertiary/aromatic N) is 2. The molecule has 0 radical (unpaired) electrons. The van der Waals surface area contributed by atoms with Crippen molar-refractivity contribution < 1.29 is 4.79 Å². The lowest BCUT2D eigenvalue weighted by Crippen LogP contribution is -2.34. The van der Waals surface area contributed by atoms with Gasteiger partial charge < -0.3 is 11.1 Å². The number of hydrogen-bond acceptors (Lipinski definition) is 3. The number of amides is 1. The van der Waals surface area contributed by atoms with E-state index in [9.17, 15) is 4.79 Å². The van der Waals surface area contributed by atoms with Gasteiger partial charge in [0.15, 0.2) is 0 Å². The van der Waals surface area contributed by atoms with E-state index in [1.165, 1.54) is 6.20 Å². The summed E-state index contributed by atoms with van der Waals surface area (Å²) in [5.74, 6) is -0.141. The standard InChI is InChI=1S/C11H20N4O/c1-4-6-8(3)14-11(16)10-9(12)7-13-15(10)5-2/h7-8H,4-6,12H2,1-3H3,(H,14,16). The molecule has 0 bridgehead atoms. The van der Waals surface area contributed by atoms with Crippen molar-refractivity contribution in [2.45, 2.75) is 46.2 Å². The number of anilines is 1. The van der Waals surface area contributed by atoms with E-state index in [1.807, 2.05) is 13.8 Å². The highest BCUT2D eigenvalue weighted by Gasteiger charge is 2.17. The summed E-state index contributed by atoms with van der Waals surface area (Å²) in [7, 11) is 0. The number of carbonyl (C=O) groups excluding carboxylic acids is 1. The summed E-state index contributed by atoms with van der Waals surface area (Å²) in [6.45, 7) is 6.65. The molecule has 0 aromatic carbocycles. The van der Waals surface area contributed by atoms with Gasteiger partial charge in [0.25, 0.3) is 5.91 Å². The van der Waals surface area contributed by atoms with Crippen molar-refractivity contribution in [3.63, 3.8) is 0 Å². The smallest absolute Gasteiger partial charge is 0.271 e. The zero-order chi connectivity index (χ0) is 12.1. The predicted molar refractivity (Wildman–Crippen MR) is 64.1 cm³/mol. The molecular weight excluding hydrogens is 204 g/mol. The number of nitrogen functional groups attached to an aromatic ring is 1. The summed E-state index contributed by atoms with van der Waals surface area (Å²) < 4.78 is 1.61. The van der Waals surface area contributed by atoms with Gasteiger partial charge in [-0.3, -0.25) is 9.48 Å². The van der Waals surface area contributed by atoms with Gasteiger partial charge in [0.2, 0.25) is 0 Å². The van der Waals surface area contributed by atoms with Crippen LogP contribution in [0.3, 0.4) is 0 Å². The number of carbonyl (C=O) groups is 1. The molecule has 0 saturated heterocycles. The molecule has 1 heterocycles. The zero-order valence-corrected chi connectivity index (χ0v) is 10.2. The van der Waals surface area contributed by atoms with E-state index in [1.54, 1.807) is 4.68 Å². The van der Waals surface area contributed by atoms with Crippen LogP contribution in [-0.2, 0) is 6.54 Å². The molecule has 0 spiro atoms. The molecule has 1 rings (SSSR count). The molecule has 5 heteroatoms. The van der Waals surface area contributed by atoms with Crippen molar-refractivity contribution in [3.8, 4) is 0 Å². The summed E-state index contributed by atoms with van der Waals surface area (Å²) in [4.78, 5) is 11.9. The lowest BCUT2D eigenvalue weighted by atomic mass is 10.2. The van der Waals surface area contributed by atoms with Gasteiger partial charge in [-0.15, -0.1) is 0 Å². The van der Waals surface area contributed by atoms with Gasteiger partial charge in [0.1, 0.15) is 5.69 Å². The molecule has 1 unspecified atom stereocenters. The second kappa shape index (κ2) is 5.53. The summed E-state index contributed by atoms with van der Waals surface area (Å²) in [6, 6.07) is 0.164. The molecular formula is C11H20N4O. The first-order valence-corrected chi connectivity index (χ1v) is 5.72. The highest BCUT2D eigenvalue weighted by atomic mass is 16.2. The molecule has 1 atom stereocenters. The van der Waals surface area contributed by atoms with E-state index < -0.39 is 0 Å². The Morgan fingerprint density at radius 3 is 2.88 bits per heavy atom. The Labute approximate surface area is 96.0 Å². The van der Waals surface area contributed by atoms with Crippen LogP contribution in [0.4, 0.5) is 5.69 Å². The first-order valence-electron chi connectivity index (χ1n) is 5.72. The van der Waals surface area contributed by atoms with Crippen molar-refractivity contribution >= 4 is 11.6 Å². The summed E-state index contributed by atoms with van der Waals surface area (Å²) in [5, 5.41) is 6.96. The fraction of sp³-hybridized carbons (Fsp3) is 0.636. The molecule has 1 aromatic heterocycles. The molecule has 1 amide bonds. The minimum absolute atomic E-state index is 0.141. The third-order valence-corrected chi connectivity index (χ3v) is 2.48.